The van der Waals surface area contributed by atoms with E-state index in [0.29, 0.717) is 47.3 Å². The minimum Gasteiger partial charge on any atom is -0.611 e. The molecule has 0 radical (unpaired) electrons. The van der Waals surface area contributed by atoms with Crippen molar-refractivity contribution in [2.24, 2.45) is 0 Å². The fraction of sp³-hybridized carbons (Fsp3) is 0.520. The molecule has 0 fully saturated rings. The number of hydrogen-bond acceptors (Lipinski definition) is 4. The van der Waals surface area contributed by atoms with E-state index in [1.54, 1.807) is 0 Å². The summed E-state index contributed by atoms with van der Waals surface area (Å²) >= 11 is -3.87. The summed E-state index contributed by atoms with van der Waals surface area (Å²) in [7, 11) is 0. The quantitative estimate of drug-likeness (QED) is 0.106. The molecule has 4 nitrogen and oxygen atoms in total. The molecule has 6 heteroatoms. The van der Waals surface area contributed by atoms with E-state index < -0.39 is 29.6 Å². The third kappa shape index (κ3) is 12.6. The highest BCUT2D eigenvalue weighted by atomic mass is 27.2. The summed E-state index contributed by atoms with van der Waals surface area (Å²) < 4.78 is 26.4. The van der Waals surface area contributed by atoms with Gasteiger partial charge >= 0.3 is 29.6 Å². The lowest BCUT2D eigenvalue weighted by atomic mass is 9.94. The second kappa shape index (κ2) is 21.8. The lowest BCUT2D eigenvalue weighted by Gasteiger charge is -2.26. The Morgan fingerprint density at radius 3 is 0.500 bits per heavy atom. The third-order valence-corrected chi connectivity index (χ3v) is 12.7. The van der Waals surface area contributed by atoms with Crippen molar-refractivity contribution < 1.29 is 15.2 Å². The Morgan fingerprint density at radius 1 is 0.268 bits per heavy atom. The smallest absolute Gasteiger partial charge is 0.611 e. The average molecular weight is 793 g/mol. The first kappa shape index (κ1) is 47.5. The van der Waals surface area contributed by atoms with Crippen molar-refractivity contribution in [3.05, 3.63) is 117 Å². The second-order valence-electron chi connectivity index (χ2n) is 17.9. The van der Waals surface area contributed by atoms with Crippen LogP contribution < -0.4 is 15.2 Å². The molecule has 0 atom stereocenters. The molecule has 0 aliphatic heterocycles. The number of benzene rings is 4. The van der Waals surface area contributed by atoms with Crippen LogP contribution in [0.3, 0.4) is 0 Å². The molecule has 0 heterocycles. The van der Waals surface area contributed by atoms with Gasteiger partial charge in [-0.3, -0.25) is 0 Å². The topological polar surface area (TPSA) is 36.9 Å². The molecule has 0 aliphatic carbocycles. The van der Waals surface area contributed by atoms with Crippen LogP contribution in [-0.2, 0) is 0 Å². The third-order valence-electron chi connectivity index (χ3n) is 10.4. The number of rotatable bonds is 16. The highest BCUT2D eigenvalue weighted by Gasteiger charge is 2.32. The van der Waals surface area contributed by atoms with E-state index in [1.807, 2.05) is 0 Å². The Balaban J connectivity index is 0.000000300. The zero-order valence-electron chi connectivity index (χ0n) is 38.3. The van der Waals surface area contributed by atoms with Crippen LogP contribution in [0.1, 0.15) is 203 Å². The molecule has 0 spiro atoms. The monoisotopic (exact) mass is 793 g/mol. The van der Waals surface area contributed by atoms with E-state index in [9.17, 15) is 0 Å². The molecule has 0 amide bonds. The summed E-state index contributed by atoms with van der Waals surface area (Å²) in [5, 5.41) is 0. The van der Waals surface area contributed by atoms with Gasteiger partial charge in [-0.05, 0) is 103 Å². The first-order chi connectivity index (χ1) is 26.3. The number of para-hydroxylation sites is 4. The Morgan fingerprint density at radius 2 is 0.393 bits per heavy atom. The van der Waals surface area contributed by atoms with Crippen molar-refractivity contribution >= 4 is 29.6 Å². The summed E-state index contributed by atoms with van der Waals surface area (Å²) in [5.74, 6) is 11.8. The molecular formula is C50H74Al2O4. The van der Waals surface area contributed by atoms with Crippen LogP contribution in [-0.4, -0.2) is 29.6 Å². The molecule has 56 heavy (non-hydrogen) atoms. The lowest BCUT2D eigenvalue weighted by molar-refractivity contribution is 0.414. The molecule has 0 aliphatic rings. The molecule has 0 aromatic heterocycles. The molecule has 4 aromatic rings. The van der Waals surface area contributed by atoms with Gasteiger partial charge in [0.2, 0.25) is 0 Å². The summed E-state index contributed by atoms with van der Waals surface area (Å²) in [6.07, 6.45) is 0. The predicted octanol–water partition coefficient (Wildman–Crippen LogP) is 15.5. The van der Waals surface area contributed by atoms with Crippen LogP contribution in [0.15, 0.2) is 72.8 Å². The van der Waals surface area contributed by atoms with Crippen molar-refractivity contribution in [3.63, 3.8) is 0 Å². The molecule has 304 valence electrons. The lowest BCUT2D eigenvalue weighted by Crippen LogP contribution is -2.28. The highest BCUT2D eigenvalue weighted by molar-refractivity contribution is 6.45. The van der Waals surface area contributed by atoms with Crippen molar-refractivity contribution in [2.45, 2.75) is 170 Å². The fourth-order valence-corrected chi connectivity index (χ4v) is 9.70. The first-order valence-electron chi connectivity index (χ1n) is 21.4. The van der Waals surface area contributed by atoms with Gasteiger partial charge in [0.25, 0.3) is 0 Å². The zero-order valence-corrected chi connectivity index (χ0v) is 40.6. The largest absolute Gasteiger partial charge is 0.853 e. The molecule has 0 unspecified atom stereocenters. The molecule has 0 saturated heterocycles. The van der Waals surface area contributed by atoms with E-state index in [1.165, 1.54) is 44.5 Å². The Labute approximate surface area is 352 Å². The van der Waals surface area contributed by atoms with Gasteiger partial charge in [-0.2, -0.15) is 0 Å². The average Bonchev–Trinajstić information content (AvgIpc) is 3.11. The highest BCUT2D eigenvalue weighted by Crippen LogP contribution is 2.39. The normalized spacial score (nSPS) is 11.6. The molecule has 0 N–H and O–H groups in total. The van der Waals surface area contributed by atoms with E-state index >= 15 is 0 Å². The van der Waals surface area contributed by atoms with Gasteiger partial charge in [0.05, 0.1) is 23.0 Å². The molecule has 4 aromatic carbocycles. The minimum absolute atomic E-state index is 0.420. The van der Waals surface area contributed by atoms with Crippen molar-refractivity contribution in [1.82, 2.24) is 0 Å². The summed E-state index contributed by atoms with van der Waals surface area (Å²) in [6, 6.07) is 26.1. The SMILES string of the molecule is CC(C)c1cccc(C(C)C)c1[O][Al]([CH3])[O]c1c(C(C)C)cccc1C(C)C.CC(C)c1cccc(C(C)C)c1[O][Al]([CH3])[O]c1c(C(C)C)cccc1C(C)C. The van der Waals surface area contributed by atoms with Crippen LogP contribution in [0.5, 0.6) is 23.0 Å². The maximum absolute atomic E-state index is 6.59. The number of hydrogen-bond donors (Lipinski definition) is 0. The van der Waals surface area contributed by atoms with Gasteiger partial charge in [0.1, 0.15) is 0 Å². The Hall–Kier alpha value is -2.86. The molecule has 0 bridgehead atoms. The van der Waals surface area contributed by atoms with Gasteiger partial charge in [0.15, 0.2) is 0 Å². The summed E-state index contributed by atoms with van der Waals surface area (Å²) in [6.45, 7) is 35.6. The predicted molar refractivity (Wildman–Crippen MR) is 244 cm³/mol. The Bertz CT molecular complexity index is 1450. The summed E-state index contributed by atoms with van der Waals surface area (Å²) in [4.78, 5) is 0. The van der Waals surface area contributed by atoms with Gasteiger partial charge in [-0.1, -0.05) is 184 Å². The Kier molecular flexibility index (Phi) is 18.5. The second-order valence-corrected chi connectivity index (χ2v) is 21.1. The zero-order chi connectivity index (χ0) is 42.0. The van der Waals surface area contributed by atoms with Gasteiger partial charge in [0, 0.05) is 0 Å². The van der Waals surface area contributed by atoms with E-state index in [2.05, 4.69) is 195 Å². The van der Waals surface area contributed by atoms with Crippen LogP contribution >= 0.6 is 0 Å². The van der Waals surface area contributed by atoms with Gasteiger partial charge < -0.3 is 15.2 Å². The molecule has 0 saturated carbocycles. The van der Waals surface area contributed by atoms with Crippen molar-refractivity contribution in [1.29, 1.82) is 0 Å². The van der Waals surface area contributed by atoms with Crippen LogP contribution in [0.25, 0.3) is 0 Å². The van der Waals surface area contributed by atoms with Gasteiger partial charge in [-0.15, -0.1) is 0 Å². The van der Waals surface area contributed by atoms with Crippen molar-refractivity contribution in [2.75, 3.05) is 0 Å². The van der Waals surface area contributed by atoms with Crippen LogP contribution in [0.4, 0.5) is 0 Å². The minimum atomic E-state index is -1.93. The fourth-order valence-electron chi connectivity index (χ4n) is 7.19. The molecule has 4 rings (SSSR count). The first-order valence-corrected chi connectivity index (χ1v) is 25.6. The van der Waals surface area contributed by atoms with Crippen molar-refractivity contribution in [3.8, 4) is 23.0 Å². The standard InChI is InChI=1S/4C12H18O.2CH3.2Al/c4*1-8(2)10-6-5-7-11(9(3)4)12(10)13;;;;/h4*5-9,13H,1-4H3;2*1H3;;/q;;;;;;2*+2/p-4. The van der Waals surface area contributed by atoms with Crippen LogP contribution in [0.2, 0.25) is 11.6 Å². The maximum Gasteiger partial charge on any atom is 0.853 e. The van der Waals surface area contributed by atoms with Gasteiger partial charge in [-0.25, -0.2) is 0 Å². The van der Waals surface area contributed by atoms with Crippen LogP contribution in [0, 0.1) is 0 Å². The van der Waals surface area contributed by atoms with E-state index in [4.69, 9.17) is 15.2 Å². The van der Waals surface area contributed by atoms with E-state index in [-0.39, 0.29) is 0 Å². The summed E-state index contributed by atoms with van der Waals surface area (Å²) in [5.41, 5.74) is 10.2. The van der Waals surface area contributed by atoms with E-state index in [0.717, 1.165) is 23.0 Å². The molecular weight excluding hydrogens is 719 g/mol. The maximum atomic E-state index is 6.59.